The molecule has 1 aromatic carbocycles. The lowest BCUT2D eigenvalue weighted by atomic mass is 10.2. The van der Waals surface area contributed by atoms with Crippen molar-refractivity contribution in [1.29, 1.82) is 0 Å². The van der Waals surface area contributed by atoms with Crippen LogP contribution in [0.1, 0.15) is 37.0 Å². The monoisotopic (exact) mass is 479 g/mol. The van der Waals surface area contributed by atoms with Gasteiger partial charge in [0.15, 0.2) is 0 Å². The van der Waals surface area contributed by atoms with E-state index in [0.717, 1.165) is 15.3 Å². The Kier molecular flexibility index (Phi) is 7.67. The first-order chi connectivity index (χ1) is 14.7. The summed E-state index contributed by atoms with van der Waals surface area (Å²) in [6.45, 7) is 10.4. The number of amides is 1. The van der Waals surface area contributed by atoms with Gasteiger partial charge < -0.3 is 15.0 Å². The summed E-state index contributed by atoms with van der Waals surface area (Å²) in [4.78, 5) is 34.2. The van der Waals surface area contributed by atoms with Crippen LogP contribution in [0, 0.1) is 19.8 Å². The van der Waals surface area contributed by atoms with Crippen LogP contribution in [0.2, 0.25) is 5.02 Å². The summed E-state index contributed by atoms with van der Waals surface area (Å²) < 4.78 is 5.66. The lowest BCUT2D eigenvalue weighted by Gasteiger charge is -2.14. The molecule has 2 heterocycles. The van der Waals surface area contributed by atoms with E-state index in [1.165, 1.54) is 23.1 Å². The Balaban J connectivity index is 1.60. The number of ether oxygens (including phenoxy) is 1. The van der Waals surface area contributed by atoms with Crippen LogP contribution in [-0.2, 0) is 10.5 Å². The molecule has 31 heavy (non-hydrogen) atoms. The number of anilines is 1. The van der Waals surface area contributed by atoms with Crippen molar-refractivity contribution in [1.82, 2.24) is 9.97 Å². The number of rotatable bonds is 8. The van der Waals surface area contributed by atoms with E-state index in [4.69, 9.17) is 16.3 Å². The predicted molar refractivity (Wildman–Crippen MR) is 131 cm³/mol. The third-order valence-corrected chi connectivity index (χ3v) is 7.25. The number of carbonyl (C=O) groups excluding carboxylic acids is 1. The lowest BCUT2D eigenvalue weighted by Crippen LogP contribution is -2.23. The van der Waals surface area contributed by atoms with Crippen LogP contribution in [-0.4, -0.2) is 27.7 Å². The molecule has 9 heteroatoms. The smallest absolute Gasteiger partial charge is 0.259 e. The van der Waals surface area contributed by atoms with Crippen LogP contribution in [0.15, 0.2) is 23.0 Å². The molecule has 6 nitrogen and oxygen atoms in total. The first-order valence-corrected chi connectivity index (χ1v) is 12.2. The van der Waals surface area contributed by atoms with Crippen molar-refractivity contribution >= 4 is 56.5 Å². The summed E-state index contributed by atoms with van der Waals surface area (Å²) in [5.74, 6) is 1.84. The highest BCUT2D eigenvalue weighted by molar-refractivity contribution is 7.99. The lowest BCUT2D eigenvalue weighted by molar-refractivity contribution is -0.115. The minimum Gasteiger partial charge on any atom is -0.492 e. The molecular formula is C22H26ClN3O3S2. The van der Waals surface area contributed by atoms with Gasteiger partial charge >= 0.3 is 0 Å². The molecule has 2 N–H and O–H groups in total. The molecular weight excluding hydrogens is 454 g/mol. The number of halogens is 1. The van der Waals surface area contributed by atoms with Gasteiger partial charge in [-0.2, -0.15) is 0 Å². The van der Waals surface area contributed by atoms with Crippen molar-refractivity contribution in [3.63, 3.8) is 0 Å². The van der Waals surface area contributed by atoms with Crippen LogP contribution < -0.4 is 15.6 Å². The molecule has 1 atom stereocenters. The zero-order chi connectivity index (χ0) is 22.7. The number of hydrogen-bond acceptors (Lipinski definition) is 6. The molecule has 0 aliphatic carbocycles. The number of hydrogen-bond donors (Lipinski definition) is 2. The SMILES string of the molecule is Cc1sc2nc(CSC(C)C(=O)Nc3ccc(OCC(C)C)c(Cl)c3)[nH]c(=O)c2c1C. The second kappa shape index (κ2) is 10.1. The van der Waals surface area contributed by atoms with E-state index < -0.39 is 0 Å². The van der Waals surface area contributed by atoms with Crippen LogP contribution in [0.5, 0.6) is 5.75 Å². The number of thioether (sulfide) groups is 1. The van der Waals surface area contributed by atoms with E-state index in [1.54, 1.807) is 18.2 Å². The summed E-state index contributed by atoms with van der Waals surface area (Å²) >= 11 is 9.19. The van der Waals surface area contributed by atoms with Crippen LogP contribution in [0.3, 0.4) is 0 Å². The van der Waals surface area contributed by atoms with Gasteiger partial charge in [-0.15, -0.1) is 23.1 Å². The zero-order valence-corrected chi connectivity index (χ0v) is 20.6. The molecule has 0 bridgehead atoms. The van der Waals surface area contributed by atoms with E-state index in [0.29, 0.717) is 45.9 Å². The van der Waals surface area contributed by atoms with Gasteiger partial charge in [-0.3, -0.25) is 9.59 Å². The van der Waals surface area contributed by atoms with Gasteiger partial charge in [-0.25, -0.2) is 4.98 Å². The molecule has 2 aromatic heterocycles. The van der Waals surface area contributed by atoms with Crippen LogP contribution >= 0.6 is 34.7 Å². The highest BCUT2D eigenvalue weighted by Gasteiger charge is 2.17. The molecule has 3 aromatic rings. The number of nitrogens with one attached hydrogen (secondary N) is 2. The molecule has 0 saturated heterocycles. The minimum atomic E-state index is -0.344. The fourth-order valence-electron chi connectivity index (χ4n) is 2.84. The average molecular weight is 480 g/mol. The predicted octanol–water partition coefficient (Wildman–Crippen LogP) is 5.55. The fraction of sp³-hybridized carbons (Fsp3) is 0.409. The number of fused-ring (bicyclic) bond motifs is 1. The maximum absolute atomic E-state index is 12.6. The topological polar surface area (TPSA) is 84.1 Å². The minimum absolute atomic E-state index is 0.131. The molecule has 1 unspecified atom stereocenters. The molecule has 0 fully saturated rings. The number of aromatic amines is 1. The maximum atomic E-state index is 12.6. The van der Waals surface area contributed by atoms with Gasteiger partial charge in [0, 0.05) is 10.6 Å². The van der Waals surface area contributed by atoms with Crippen molar-refractivity contribution in [2.75, 3.05) is 11.9 Å². The fourth-order valence-corrected chi connectivity index (χ4v) is 4.88. The van der Waals surface area contributed by atoms with E-state index in [-0.39, 0.29) is 16.7 Å². The van der Waals surface area contributed by atoms with Crippen molar-refractivity contribution in [2.45, 2.75) is 45.6 Å². The number of aryl methyl sites for hydroxylation is 2. The molecule has 0 spiro atoms. The normalized spacial score (nSPS) is 12.4. The van der Waals surface area contributed by atoms with E-state index in [2.05, 4.69) is 29.1 Å². The Morgan fingerprint density at radius 2 is 2.06 bits per heavy atom. The Morgan fingerprint density at radius 1 is 1.32 bits per heavy atom. The highest BCUT2D eigenvalue weighted by Crippen LogP contribution is 2.29. The van der Waals surface area contributed by atoms with E-state index in [1.807, 2.05) is 20.8 Å². The first-order valence-electron chi connectivity index (χ1n) is 9.99. The van der Waals surface area contributed by atoms with Crippen molar-refractivity contribution < 1.29 is 9.53 Å². The number of thiophene rings is 1. The van der Waals surface area contributed by atoms with Gasteiger partial charge in [0.05, 0.1) is 28.0 Å². The number of aromatic nitrogens is 2. The van der Waals surface area contributed by atoms with Crippen molar-refractivity contribution in [3.8, 4) is 5.75 Å². The van der Waals surface area contributed by atoms with Crippen molar-refractivity contribution in [2.24, 2.45) is 5.92 Å². The van der Waals surface area contributed by atoms with Gasteiger partial charge in [0.25, 0.3) is 5.56 Å². The Labute approximate surface area is 194 Å². The average Bonchev–Trinajstić information content (AvgIpc) is 2.99. The van der Waals surface area contributed by atoms with Gasteiger partial charge in [0.1, 0.15) is 16.4 Å². The Hall–Kier alpha value is -2.03. The zero-order valence-electron chi connectivity index (χ0n) is 18.2. The van der Waals surface area contributed by atoms with Gasteiger partial charge in [0.2, 0.25) is 5.91 Å². The molecule has 1 amide bonds. The molecule has 0 aliphatic heterocycles. The highest BCUT2D eigenvalue weighted by atomic mass is 35.5. The number of benzene rings is 1. The number of carbonyl (C=O) groups is 1. The summed E-state index contributed by atoms with van der Waals surface area (Å²) in [5.41, 5.74) is 1.45. The summed E-state index contributed by atoms with van der Waals surface area (Å²) in [7, 11) is 0. The van der Waals surface area contributed by atoms with Crippen molar-refractivity contribution in [3.05, 3.63) is 49.8 Å². The molecule has 0 saturated carbocycles. The summed E-state index contributed by atoms with van der Waals surface area (Å²) in [6.07, 6.45) is 0. The molecule has 0 radical (unpaired) electrons. The maximum Gasteiger partial charge on any atom is 0.259 e. The van der Waals surface area contributed by atoms with Crippen LogP contribution in [0.25, 0.3) is 10.2 Å². The first kappa shape index (κ1) is 23.6. The van der Waals surface area contributed by atoms with Gasteiger partial charge in [-0.1, -0.05) is 25.4 Å². The standard InChI is InChI=1S/C22H26ClN3O3S2/c1-11(2)9-29-17-7-6-15(8-16(17)23)24-20(27)14(5)30-10-18-25-21(28)19-12(3)13(4)31-22(19)26-18/h6-8,11,14H,9-10H2,1-5H3,(H,24,27)(H,25,26,28). The second-order valence-electron chi connectivity index (χ2n) is 7.77. The summed E-state index contributed by atoms with van der Waals surface area (Å²) in [5, 5.41) is 3.64. The van der Waals surface area contributed by atoms with Gasteiger partial charge in [-0.05, 0) is 50.5 Å². The van der Waals surface area contributed by atoms with E-state index >= 15 is 0 Å². The number of H-pyrrole nitrogens is 1. The molecule has 166 valence electrons. The Morgan fingerprint density at radius 3 is 2.74 bits per heavy atom. The quantitative estimate of drug-likeness (QED) is 0.442. The molecule has 0 aliphatic rings. The third kappa shape index (κ3) is 5.81. The number of nitrogens with zero attached hydrogens (tertiary/aromatic N) is 1. The van der Waals surface area contributed by atoms with E-state index in [9.17, 15) is 9.59 Å². The molecule has 3 rings (SSSR count). The second-order valence-corrected chi connectivity index (χ2v) is 10.7. The van der Waals surface area contributed by atoms with Crippen LogP contribution in [0.4, 0.5) is 5.69 Å². The Bertz CT molecular complexity index is 1160. The largest absolute Gasteiger partial charge is 0.492 e. The summed E-state index contributed by atoms with van der Waals surface area (Å²) in [6, 6.07) is 5.21. The third-order valence-electron chi connectivity index (χ3n) is 4.70.